The van der Waals surface area contributed by atoms with E-state index in [1.165, 1.54) is 16.7 Å². The molecule has 0 atom stereocenters. The van der Waals surface area contributed by atoms with Crippen LogP contribution in [-0.4, -0.2) is 24.0 Å². The predicted octanol–water partition coefficient (Wildman–Crippen LogP) is 2.38. The summed E-state index contributed by atoms with van der Waals surface area (Å²) in [5.74, 6) is 0.838. The summed E-state index contributed by atoms with van der Waals surface area (Å²) in [7, 11) is 0. The summed E-state index contributed by atoms with van der Waals surface area (Å²) < 4.78 is 0. The van der Waals surface area contributed by atoms with E-state index in [0.717, 1.165) is 44.8 Å². The van der Waals surface area contributed by atoms with Crippen LogP contribution in [0.15, 0.2) is 42.6 Å². The highest BCUT2D eigenvalue weighted by Gasteiger charge is 2.24. The number of hydrogen-bond acceptors (Lipinski definition) is 4. The van der Waals surface area contributed by atoms with E-state index < -0.39 is 0 Å². The Morgan fingerprint density at radius 3 is 2.60 bits per heavy atom. The molecule has 0 radical (unpaired) electrons. The summed E-state index contributed by atoms with van der Waals surface area (Å²) in [4.78, 5) is 18.2. The van der Waals surface area contributed by atoms with E-state index in [4.69, 9.17) is 5.73 Å². The normalized spacial score (nSPS) is 15.3. The van der Waals surface area contributed by atoms with Gasteiger partial charge in [-0.1, -0.05) is 35.9 Å². The number of rotatable bonds is 6. The monoisotopic (exact) mass is 338 g/mol. The first-order chi connectivity index (χ1) is 12.1. The van der Waals surface area contributed by atoms with Gasteiger partial charge in [0.15, 0.2) is 0 Å². The Labute approximate surface area is 149 Å². The lowest BCUT2D eigenvalue weighted by molar-refractivity contribution is -0.122. The third-order valence-electron chi connectivity index (χ3n) is 4.83. The number of carbonyl (C=O) groups is 1. The Kier molecular flexibility index (Phi) is 5.66. The Bertz CT molecular complexity index is 706. The van der Waals surface area contributed by atoms with Crippen LogP contribution in [-0.2, 0) is 17.9 Å². The molecule has 0 aliphatic carbocycles. The van der Waals surface area contributed by atoms with Gasteiger partial charge in [0, 0.05) is 43.9 Å². The summed E-state index contributed by atoms with van der Waals surface area (Å²) in [5, 5.41) is 3.50. The average Bonchev–Trinajstić information content (AvgIpc) is 2.64. The van der Waals surface area contributed by atoms with Gasteiger partial charge >= 0.3 is 0 Å². The van der Waals surface area contributed by atoms with Crippen molar-refractivity contribution in [3.63, 3.8) is 0 Å². The predicted molar refractivity (Wildman–Crippen MR) is 100 cm³/mol. The maximum atomic E-state index is 11.3. The summed E-state index contributed by atoms with van der Waals surface area (Å²) in [6.07, 6.45) is 3.45. The number of pyridine rings is 1. The van der Waals surface area contributed by atoms with Crippen LogP contribution in [0.5, 0.6) is 0 Å². The van der Waals surface area contributed by atoms with Crippen LogP contribution < -0.4 is 16.0 Å². The van der Waals surface area contributed by atoms with Crippen molar-refractivity contribution >= 4 is 11.7 Å². The van der Waals surface area contributed by atoms with E-state index >= 15 is 0 Å². The molecule has 1 aliphatic heterocycles. The first-order valence-electron chi connectivity index (χ1n) is 8.88. The minimum atomic E-state index is -0.180. The molecule has 1 aromatic heterocycles. The zero-order valence-electron chi connectivity index (χ0n) is 14.7. The maximum absolute atomic E-state index is 11.3. The quantitative estimate of drug-likeness (QED) is 0.848. The van der Waals surface area contributed by atoms with Gasteiger partial charge in [-0.05, 0) is 31.4 Å². The maximum Gasteiger partial charge on any atom is 0.220 e. The van der Waals surface area contributed by atoms with Gasteiger partial charge in [0.1, 0.15) is 5.82 Å². The van der Waals surface area contributed by atoms with Gasteiger partial charge in [-0.15, -0.1) is 0 Å². The van der Waals surface area contributed by atoms with Crippen molar-refractivity contribution in [1.29, 1.82) is 0 Å². The zero-order valence-corrected chi connectivity index (χ0v) is 14.7. The van der Waals surface area contributed by atoms with Crippen LogP contribution >= 0.6 is 0 Å². The molecule has 3 rings (SSSR count). The second kappa shape index (κ2) is 8.12. The SMILES string of the molecule is Cc1ccc(CNCc2cccnc2N2CCC(C(N)=O)CC2)cc1. The number of anilines is 1. The number of primary amides is 1. The van der Waals surface area contributed by atoms with Crippen molar-refractivity contribution in [3.8, 4) is 0 Å². The number of carbonyl (C=O) groups excluding carboxylic acids is 1. The fourth-order valence-electron chi connectivity index (χ4n) is 3.28. The number of benzene rings is 1. The number of nitrogens with zero attached hydrogens (tertiary/aromatic N) is 2. The van der Waals surface area contributed by atoms with Gasteiger partial charge in [-0.3, -0.25) is 4.79 Å². The van der Waals surface area contributed by atoms with Crippen molar-refractivity contribution in [2.24, 2.45) is 11.7 Å². The Morgan fingerprint density at radius 2 is 1.92 bits per heavy atom. The van der Waals surface area contributed by atoms with Crippen LogP contribution in [0, 0.1) is 12.8 Å². The number of aromatic nitrogens is 1. The minimum absolute atomic E-state index is 0.00285. The Morgan fingerprint density at radius 1 is 1.20 bits per heavy atom. The molecule has 2 aromatic rings. The third kappa shape index (κ3) is 4.57. The first-order valence-corrected chi connectivity index (χ1v) is 8.88. The largest absolute Gasteiger partial charge is 0.369 e. The highest BCUT2D eigenvalue weighted by atomic mass is 16.1. The smallest absolute Gasteiger partial charge is 0.220 e. The molecule has 132 valence electrons. The minimum Gasteiger partial charge on any atom is -0.369 e. The fraction of sp³-hybridized carbons (Fsp3) is 0.400. The van der Waals surface area contributed by atoms with Gasteiger partial charge in [0.05, 0.1) is 0 Å². The van der Waals surface area contributed by atoms with E-state index in [2.05, 4.69) is 52.5 Å². The third-order valence-corrected chi connectivity index (χ3v) is 4.83. The molecule has 1 amide bonds. The molecule has 0 unspecified atom stereocenters. The number of amides is 1. The number of nitrogens with two attached hydrogens (primary N) is 1. The lowest BCUT2D eigenvalue weighted by Crippen LogP contribution is -2.39. The van der Waals surface area contributed by atoms with E-state index in [1.807, 2.05) is 12.3 Å². The highest BCUT2D eigenvalue weighted by Crippen LogP contribution is 2.24. The molecule has 5 heteroatoms. The molecule has 0 spiro atoms. The van der Waals surface area contributed by atoms with E-state index in [1.54, 1.807) is 0 Å². The average molecular weight is 338 g/mol. The van der Waals surface area contributed by atoms with Gasteiger partial charge in [0.2, 0.25) is 5.91 Å². The highest BCUT2D eigenvalue weighted by molar-refractivity contribution is 5.77. The second-order valence-corrected chi connectivity index (χ2v) is 6.74. The summed E-state index contributed by atoms with van der Waals surface area (Å²) in [5.41, 5.74) is 9.17. The Balaban J connectivity index is 1.59. The van der Waals surface area contributed by atoms with Crippen LogP contribution in [0.25, 0.3) is 0 Å². The summed E-state index contributed by atoms with van der Waals surface area (Å²) >= 11 is 0. The molecule has 0 saturated carbocycles. The summed E-state index contributed by atoms with van der Waals surface area (Å²) in [6.45, 7) is 5.36. The van der Waals surface area contributed by atoms with Crippen LogP contribution in [0.3, 0.4) is 0 Å². The van der Waals surface area contributed by atoms with Crippen LogP contribution in [0.1, 0.15) is 29.5 Å². The van der Waals surface area contributed by atoms with Crippen LogP contribution in [0.2, 0.25) is 0 Å². The molecular weight excluding hydrogens is 312 g/mol. The number of nitrogens with one attached hydrogen (secondary N) is 1. The van der Waals surface area contributed by atoms with Gasteiger partial charge in [-0.25, -0.2) is 4.98 Å². The molecule has 25 heavy (non-hydrogen) atoms. The molecule has 0 bridgehead atoms. The van der Waals surface area contributed by atoms with Crippen LogP contribution in [0.4, 0.5) is 5.82 Å². The lowest BCUT2D eigenvalue weighted by atomic mass is 9.96. The molecule has 3 N–H and O–H groups in total. The van der Waals surface area contributed by atoms with E-state index in [0.29, 0.717) is 0 Å². The number of hydrogen-bond donors (Lipinski definition) is 2. The van der Waals surface area contributed by atoms with E-state index in [-0.39, 0.29) is 11.8 Å². The topological polar surface area (TPSA) is 71.2 Å². The second-order valence-electron chi connectivity index (χ2n) is 6.74. The Hall–Kier alpha value is -2.40. The molecular formula is C20H26N4O. The molecule has 1 aromatic carbocycles. The first kappa shape index (κ1) is 17.4. The molecule has 1 fully saturated rings. The van der Waals surface area contributed by atoms with Crippen molar-refractivity contribution < 1.29 is 4.79 Å². The molecule has 1 saturated heterocycles. The van der Waals surface area contributed by atoms with Crippen molar-refractivity contribution in [1.82, 2.24) is 10.3 Å². The zero-order chi connectivity index (χ0) is 17.6. The number of aryl methyl sites for hydroxylation is 1. The standard InChI is InChI=1S/C20H26N4O/c1-15-4-6-16(7-5-15)13-22-14-18-3-2-10-23-20(18)24-11-8-17(9-12-24)19(21)25/h2-7,10,17,22H,8-9,11-14H2,1H3,(H2,21,25). The molecule has 1 aliphatic rings. The summed E-state index contributed by atoms with van der Waals surface area (Å²) in [6, 6.07) is 12.7. The molecule has 5 nitrogen and oxygen atoms in total. The van der Waals surface area contributed by atoms with Gasteiger partial charge < -0.3 is 16.0 Å². The van der Waals surface area contributed by atoms with Crippen molar-refractivity contribution in [2.45, 2.75) is 32.9 Å². The fourth-order valence-corrected chi connectivity index (χ4v) is 3.28. The number of piperidine rings is 1. The van der Waals surface area contributed by atoms with Crippen molar-refractivity contribution in [3.05, 3.63) is 59.3 Å². The van der Waals surface area contributed by atoms with E-state index in [9.17, 15) is 4.79 Å². The van der Waals surface area contributed by atoms with Crippen molar-refractivity contribution in [2.75, 3.05) is 18.0 Å². The lowest BCUT2D eigenvalue weighted by Gasteiger charge is -2.32. The molecule has 2 heterocycles. The van der Waals surface area contributed by atoms with Gasteiger partial charge in [-0.2, -0.15) is 0 Å². The van der Waals surface area contributed by atoms with Gasteiger partial charge in [0.25, 0.3) is 0 Å².